The third-order valence-electron chi connectivity index (χ3n) is 6.29. The van der Waals surface area contributed by atoms with Gasteiger partial charge in [-0.25, -0.2) is 9.97 Å². The number of carbonyl (C=O) groups is 1. The Morgan fingerprint density at radius 1 is 0.882 bits per heavy atom. The van der Waals surface area contributed by atoms with Crippen molar-refractivity contribution in [2.24, 2.45) is 0 Å². The lowest BCUT2D eigenvalue weighted by atomic mass is 10.00. The topological polar surface area (TPSA) is 72.7 Å². The second-order valence-electron chi connectivity index (χ2n) is 8.74. The Morgan fingerprint density at radius 2 is 1.62 bits per heavy atom. The zero-order valence-electron chi connectivity index (χ0n) is 19.5. The Bertz CT molecular complexity index is 1280. The summed E-state index contributed by atoms with van der Waals surface area (Å²) in [6.45, 7) is 3.51. The summed E-state index contributed by atoms with van der Waals surface area (Å²) in [5.41, 5.74) is 6.68. The van der Waals surface area contributed by atoms with E-state index in [1.54, 1.807) is 16.9 Å². The molecule has 0 bridgehead atoms. The van der Waals surface area contributed by atoms with Gasteiger partial charge in [0.1, 0.15) is 11.4 Å². The van der Waals surface area contributed by atoms with E-state index in [1.807, 2.05) is 6.07 Å². The zero-order valence-corrected chi connectivity index (χ0v) is 19.5. The van der Waals surface area contributed by atoms with E-state index < -0.39 is 0 Å². The Kier molecular flexibility index (Phi) is 6.47. The number of aromatic nitrogens is 4. The lowest BCUT2D eigenvalue weighted by Gasteiger charge is -2.13. The first-order chi connectivity index (χ1) is 16.7. The van der Waals surface area contributed by atoms with Gasteiger partial charge in [0.05, 0.1) is 12.2 Å². The molecule has 2 aromatic carbocycles. The van der Waals surface area contributed by atoms with Crippen LogP contribution in [0.1, 0.15) is 48.7 Å². The van der Waals surface area contributed by atoms with Crippen molar-refractivity contribution in [2.45, 2.75) is 45.6 Å². The number of nitrogens with one attached hydrogen (secondary N) is 1. The van der Waals surface area contributed by atoms with Crippen molar-refractivity contribution in [1.29, 1.82) is 0 Å². The standard InChI is InChI=1S/C28H29N5O/c1-2-3-4-5-6-20-7-9-21(10-8-20)22-11-13-23(14-12-22)27-29-16-15-24(31-27)25-19-26-28(34)30-17-18-33(26)32-25/h7-16,19H,2-6,17-18H2,1H3,(H,30,34). The highest BCUT2D eigenvalue weighted by molar-refractivity contribution is 5.94. The summed E-state index contributed by atoms with van der Waals surface area (Å²) in [6.07, 6.45) is 8.05. The van der Waals surface area contributed by atoms with Crippen LogP contribution in [0.5, 0.6) is 0 Å². The van der Waals surface area contributed by atoms with E-state index in [2.05, 4.69) is 70.9 Å². The van der Waals surface area contributed by atoms with E-state index in [0.29, 0.717) is 36.0 Å². The molecule has 3 heterocycles. The molecule has 2 aromatic heterocycles. The summed E-state index contributed by atoms with van der Waals surface area (Å²) in [6, 6.07) is 20.8. The van der Waals surface area contributed by atoms with Crippen molar-refractivity contribution in [3.05, 3.63) is 78.1 Å². The zero-order chi connectivity index (χ0) is 23.3. The quantitative estimate of drug-likeness (QED) is 0.357. The maximum atomic E-state index is 12.1. The third-order valence-corrected chi connectivity index (χ3v) is 6.29. The van der Waals surface area contributed by atoms with Gasteiger partial charge < -0.3 is 5.32 Å². The Labute approximate surface area is 200 Å². The molecule has 1 amide bonds. The molecule has 0 saturated heterocycles. The first-order valence-electron chi connectivity index (χ1n) is 12.1. The van der Waals surface area contributed by atoms with Gasteiger partial charge in [-0.2, -0.15) is 5.10 Å². The van der Waals surface area contributed by atoms with Crippen LogP contribution in [0.25, 0.3) is 33.9 Å². The largest absolute Gasteiger partial charge is 0.349 e. The Hall–Kier alpha value is -3.80. The summed E-state index contributed by atoms with van der Waals surface area (Å²) >= 11 is 0. The SMILES string of the molecule is CCCCCCc1ccc(-c2ccc(-c3nccc(-c4cc5n(n4)CCNC5=O)n3)cc2)cc1. The van der Waals surface area contributed by atoms with Crippen LogP contribution in [0.4, 0.5) is 0 Å². The van der Waals surface area contributed by atoms with Gasteiger partial charge in [-0.15, -0.1) is 0 Å². The fraction of sp³-hybridized carbons (Fsp3) is 0.286. The van der Waals surface area contributed by atoms with Crippen molar-refractivity contribution in [1.82, 2.24) is 25.1 Å². The molecule has 1 aliphatic rings. The molecule has 6 nitrogen and oxygen atoms in total. The minimum Gasteiger partial charge on any atom is -0.349 e. The van der Waals surface area contributed by atoms with Crippen LogP contribution in [-0.4, -0.2) is 32.2 Å². The minimum absolute atomic E-state index is 0.0978. The van der Waals surface area contributed by atoms with Crippen molar-refractivity contribution < 1.29 is 4.79 Å². The van der Waals surface area contributed by atoms with Crippen molar-refractivity contribution in [3.63, 3.8) is 0 Å². The lowest BCUT2D eigenvalue weighted by Crippen LogP contribution is -2.35. The fourth-order valence-corrected chi connectivity index (χ4v) is 4.33. The van der Waals surface area contributed by atoms with Crippen molar-refractivity contribution in [2.75, 3.05) is 6.54 Å². The molecule has 0 aliphatic carbocycles. The number of amides is 1. The number of benzene rings is 2. The van der Waals surface area contributed by atoms with E-state index in [4.69, 9.17) is 4.98 Å². The molecule has 4 aromatic rings. The van der Waals surface area contributed by atoms with E-state index in [9.17, 15) is 4.79 Å². The van der Waals surface area contributed by atoms with E-state index in [0.717, 1.165) is 12.0 Å². The molecule has 1 N–H and O–H groups in total. The van der Waals surface area contributed by atoms with Crippen molar-refractivity contribution in [3.8, 4) is 33.9 Å². The van der Waals surface area contributed by atoms with Gasteiger partial charge in [-0.3, -0.25) is 9.48 Å². The summed E-state index contributed by atoms with van der Waals surface area (Å²) < 4.78 is 1.74. The number of rotatable bonds is 8. The van der Waals surface area contributed by atoms with Gasteiger partial charge in [-0.1, -0.05) is 74.7 Å². The number of nitrogens with zero attached hydrogens (tertiary/aromatic N) is 4. The van der Waals surface area contributed by atoms with Crippen molar-refractivity contribution >= 4 is 5.91 Å². The first-order valence-corrected chi connectivity index (χ1v) is 12.1. The van der Waals surface area contributed by atoms with Gasteiger partial charge in [-0.05, 0) is 41.7 Å². The maximum absolute atomic E-state index is 12.1. The molecule has 0 atom stereocenters. The van der Waals surface area contributed by atoms with E-state index >= 15 is 0 Å². The van der Waals surface area contributed by atoms with Gasteiger partial charge in [0.25, 0.3) is 5.91 Å². The second-order valence-corrected chi connectivity index (χ2v) is 8.74. The minimum atomic E-state index is -0.0978. The number of fused-ring (bicyclic) bond motifs is 1. The molecule has 34 heavy (non-hydrogen) atoms. The maximum Gasteiger partial charge on any atom is 0.269 e. The molecule has 0 radical (unpaired) electrons. The highest BCUT2D eigenvalue weighted by Crippen LogP contribution is 2.26. The monoisotopic (exact) mass is 451 g/mol. The van der Waals surface area contributed by atoms with Crippen LogP contribution in [0.3, 0.4) is 0 Å². The summed E-state index contributed by atoms with van der Waals surface area (Å²) in [4.78, 5) is 21.2. The predicted octanol–water partition coefficient (Wildman–Crippen LogP) is 5.54. The number of hydrogen-bond acceptors (Lipinski definition) is 4. The predicted molar refractivity (Wildman–Crippen MR) is 134 cm³/mol. The summed E-state index contributed by atoms with van der Waals surface area (Å²) in [5.74, 6) is 0.543. The second kappa shape index (κ2) is 10.00. The molecular weight excluding hydrogens is 422 g/mol. The van der Waals surface area contributed by atoms with Gasteiger partial charge in [0.15, 0.2) is 5.82 Å². The Morgan fingerprint density at radius 3 is 2.35 bits per heavy atom. The van der Waals surface area contributed by atoms with Crippen LogP contribution in [0.15, 0.2) is 66.9 Å². The molecule has 0 fully saturated rings. The van der Waals surface area contributed by atoms with Gasteiger partial charge >= 0.3 is 0 Å². The molecule has 172 valence electrons. The third kappa shape index (κ3) is 4.76. The van der Waals surface area contributed by atoms with E-state index in [1.165, 1.54) is 42.4 Å². The molecule has 0 unspecified atom stereocenters. The normalized spacial score (nSPS) is 12.9. The molecule has 5 rings (SSSR count). The summed E-state index contributed by atoms with van der Waals surface area (Å²) in [7, 11) is 0. The van der Waals surface area contributed by atoms with Gasteiger partial charge in [0.2, 0.25) is 0 Å². The van der Waals surface area contributed by atoms with Crippen LogP contribution in [-0.2, 0) is 13.0 Å². The average Bonchev–Trinajstić information content (AvgIpc) is 3.33. The molecule has 6 heteroatoms. The number of carbonyl (C=O) groups excluding carboxylic acids is 1. The molecular formula is C28H29N5O. The number of hydrogen-bond donors (Lipinski definition) is 1. The number of aryl methyl sites for hydroxylation is 1. The molecule has 1 aliphatic heterocycles. The molecule has 0 saturated carbocycles. The highest BCUT2D eigenvalue weighted by Gasteiger charge is 2.20. The van der Waals surface area contributed by atoms with E-state index in [-0.39, 0.29) is 5.91 Å². The summed E-state index contributed by atoms with van der Waals surface area (Å²) in [5, 5.41) is 7.40. The fourth-order valence-electron chi connectivity index (χ4n) is 4.33. The van der Waals surface area contributed by atoms with Crippen LogP contribution in [0, 0.1) is 0 Å². The van der Waals surface area contributed by atoms with Gasteiger partial charge in [0, 0.05) is 18.3 Å². The van der Waals surface area contributed by atoms with Crippen LogP contribution in [0.2, 0.25) is 0 Å². The smallest absolute Gasteiger partial charge is 0.269 e. The van der Waals surface area contributed by atoms with Crippen LogP contribution >= 0.6 is 0 Å². The Balaban J connectivity index is 1.31. The lowest BCUT2D eigenvalue weighted by molar-refractivity contribution is 0.0924. The number of unbranched alkanes of at least 4 members (excludes halogenated alkanes) is 3. The first kappa shape index (κ1) is 22.0. The highest BCUT2D eigenvalue weighted by atomic mass is 16.2. The van der Waals surface area contributed by atoms with Crippen LogP contribution < -0.4 is 5.32 Å². The molecule has 0 spiro atoms. The average molecular weight is 452 g/mol.